The molecule has 1 aliphatic rings. The predicted octanol–water partition coefficient (Wildman–Crippen LogP) is 4.62. The number of ketones is 1. The van der Waals surface area contributed by atoms with Gasteiger partial charge < -0.3 is 20.5 Å². The Kier molecular flexibility index (Phi) is 8.47. The van der Waals surface area contributed by atoms with E-state index in [4.69, 9.17) is 5.26 Å². The Morgan fingerprint density at radius 2 is 1.74 bits per heavy atom. The average molecular weight is 520 g/mol. The molecule has 1 saturated heterocycles. The van der Waals surface area contributed by atoms with Crippen molar-refractivity contribution in [1.29, 1.82) is 5.26 Å². The fourth-order valence-electron chi connectivity index (χ4n) is 5.18. The molecule has 39 heavy (non-hydrogen) atoms. The SMILES string of the molecule is N#Cc1ccc(CCNC(C(=O)c2c[nH]c3cc(C(=O)NCCN4CCCC4)ccc23)c2ccccc2)cc1. The maximum absolute atomic E-state index is 13.8. The molecule has 3 N–H and O–H groups in total. The zero-order valence-electron chi connectivity index (χ0n) is 22.0. The van der Waals surface area contributed by atoms with Crippen molar-refractivity contribution in [3.63, 3.8) is 0 Å². The molecule has 1 amide bonds. The third-order valence-corrected chi connectivity index (χ3v) is 7.36. The summed E-state index contributed by atoms with van der Waals surface area (Å²) in [4.78, 5) is 32.1. The topological polar surface area (TPSA) is 101 Å². The van der Waals surface area contributed by atoms with E-state index in [1.807, 2.05) is 66.7 Å². The second-order valence-electron chi connectivity index (χ2n) is 9.99. The summed E-state index contributed by atoms with van der Waals surface area (Å²) in [6, 6.07) is 24.3. The van der Waals surface area contributed by atoms with Gasteiger partial charge in [-0.1, -0.05) is 48.5 Å². The fraction of sp³-hybridized carbons (Fsp3) is 0.281. The van der Waals surface area contributed by atoms with E-state index < -0.39 is 6.04 Å². The Morgan fingerprint density at radius 3 is 2.49 bits per heavy atom. The van der Waals surface area contributed by atoms with Crippen molar-refractivity contribution >= 4 is 22.6 Å². The van der Waals surface area contributed by atoms with Crippen molar-refractivity contribution < 1.29 is 9.59 Å². The Bertz CT molecular complexity index is 1460. The van der Waals surface area contributed by atoms with E-state index in [0.717, 1.165) is 48.1 Å². The zero-order chi connectivity index (χ0) is 27.0. The molecule has 0 bridgehead atoms. The van der Waals surface area contributed by atoms with Crippen molar-refractivity contribution in [3.05, 3.63) is 107 Å². The van der Waals surface area contributed by atoms with Crippen LogP contribution in [0.15, 0.2) is 79.0 Å². The number of carbonyl (C=O) groups excluding carboxylic acids is 2. The molecule has 0 saturated carbocycles. The van der Waals surface area contributed by atoms with Gasteiger partial charge in [-0.15, -0.1) is 0 Å². The standard InChI is InChI=1S/C32H33N5O2/c33-21-24-10-8-23(9-11-24)14-15-34-30(25-6-2-1-3-7-25)31(38)28-22-36-29-20-26(12-13-27(28)29)32(39)35-16-19-37-17-4-5-18-37/h1-3,6-13,20,22,30,34,36H,4-5,14-19H2,(H,35,39). The fourth-order valence-corrected chi connectivity index (χ4v) is 5.18. The van der Waals surface area contributed by atoms with Crippen LogP contribution in [0.3, 0.4) is 0 Å². The van der Waals surface area contributed by atoms with E-state index in [1.54, 1.807) is 12.3 Å². The first-order valence-electron chi connectivity index (χ1n) is 13.6. The number of Topliss-reactive ketones (excluding diaryl/α,β-unsaturated/α-hetero) is 1. The van der Waals surface area contributed by atoms with E-state index in [-0.39, 0.29) is 11.7 Å². The third-order valence-electron chi connectivity index (χ3n) is 7.36. The molecule has 7 nitrogen and oxygen atoms in total. The average Bonchev–Trinajstić information content (AvgIpc) is 3.65. The Morgan fingerprint density at radius 1 is 0.974 bits per heavy atom. The molecule has 4 aromatic rings. The molecule has 3 aromatic carbocycles. The predicted molar refractivity (Wildman–Crippen MR) is 153 cm³/mol. The number of rotatable bonds is 11. The lowest BCUT2D eigenvalue weighted by atomic mass is 9.96. The number of amides is 1. The molecule has 1 aromatic heterocycles. The highest BCUT2D eigenvalue weighted by molar-refractivity contribution is 6.11. The Hall–Kier alpha value is -4.25. The van der Waals surface area contributed by atoms with E-state index in [0.29, 0.717) is 29.8 Å². The van der Waals surface area contributed by atoms with Gasteiger partial charge in [0, 0.05) is 47.9 Å². The molecule has 5 rings (SSSR count). The van der Waals surface area contributed by atoms with Gasteiger partial charge in [0.05, 0.1) is 17.7 Å². The number of nitriles is 1. The molecule has 1 fully saturated rings. The monoisotopic (exact) mass is 519 g/mol. The van der Waals surface area contributed by atoms with Crippen LogP contribution in [0.25, 0.3) is 10.9 Å². The Labute approximate surface area is 228 Å². The summed E-state index contributed by atoms with van der Waals surface area (Å²) in [6.07, 6.45) is 4.93. The van der Waals surface area contributed by atoms with Crippen LogP contribution in [0, 0.1) is 11.3 Å². The molecule has 7 heteroatoms. The number of nitrogens with one attached hydrogen (secondary N) is 3. The van der Waals surface area contributed by atoms with E-state index >= 15 is 0 Å². The van der Waals surface area contributed by atoms with Gasteiger partial charge in [-0.3, -0.25) is 9.59 Å². The molecule has 0 radical (unpaired) electrons. The number of aromatic nitrogens is 1. The quantitative estimate of drug-likeness (QED) is 0.251. The van der Waals surface area contributed by atoms with Gasteiger partial charge in [-0.2, -0.15) is 5.26 Å². The molecule has 0 spiro atoms. The highest BCUT2D eigenvalue weighted by atomic mass is 16.1. The van der Waals surface area contributed by atoms with Crippen molar-refractivity contribution in [3.8, 4) is 6.07 Å². The maximum Gasteiger partial charge on any atom is 0.251 e. The third kappa shape index (κ3) is 6.43. The van der Waals surface area contributed by atoms with Crippen molar-refractivity contribution in [2.75, 3.05) is 32.7 Å². The largest absolute Gasteiger partial charge is 0.360 e. The number of likely N-dealkylation sites (tertiary alicyclic amines) is 1. The summed E-state index contributed by atoms with van der Waals surface area (Å²) in [6.45, 7) is 4.30. The van der Waals surface area contributed by atoms with Crippen LogP contribution in [0.4, 0.5) is 0 Å². The van der Waals surface area contributed by atoms with Crippen LogP contribution in [0.2, 0.25) is 0 Å². The second kappa shape index (κ2) is 12.5. The van der Waals surface area contributed by atoms with Crippen LogP contribution in [0.1, 0.15) is 56.3 Å². The number of nitrogens with zero attached hydrogens (tertiary/aromatic N) is 2. The van der Waals surface area contributed by atoms with Gasteiger partial charge >= 0.3 is 0 Å². The first kappa shape index (κ1) is 26.4. The van der Waals surface area contributed by atoms with Gasteiger partial charge in [0.1, 0.15) is 0 Å². The van der Waals surface area contributed by atoms with Crippen LogP contribution < -0.4 is 10.6 Å². The molecule has 198 valence electrons. The number of fused-ring (bicyclic) bond motifs is 1. The smallest absolute Gasteiger partial charge is 0.251 e. The minimum atomic E-state index is -0.517. The second-order valence-corrected chi connectivity index (χ2v) is 9.99. The van der Waals surface area contributed by atoms with Crippen LogP contribution >= 0.6 is 0 Å². The molecule has 1 aliphatic heterocycles. The highest BCUT2D eigenvalue weighted by Crippen LogP contribution is 2.26. The molecule has 1 unspecified atom stereocenters. The zero-order valence-corrected chi connectivity index (χ0v) is 22.0. The van der Waals surface area contributed by atoms with E-state index in [2.05, 4.69) is 26.6 Å². The van der Waals surface area contributed by atoms with Gasteiger partial charge in [-0.25, -0.2) is 0 Å². The minimum absolute atomic E-state index is 0.0323. The summed E-state index contributed by atoms with van der Waals surface area (Å²) in [5, 5.41) is 16.3. The number of carbonyl (C=O) groups is 2. The summed E-state index contributed by atoms with van der Waals surface area (Å²) in [5.41, 5.74) is 4.54. The molecular formula is C32H33N5O2. The van der Waals surface area contributed by atoms with Crippen molar-refractivity contribution in [2.24, 2.45) is 0 Å². The number of hydrogen-bond acceptors (Lipinski definition) is 5. The first-order chi connectivity index (χ1) is 19.1. The lowest BCUT2D eigenvalue weighted by molar-refractivity contribution is 0.0939. The van der Waals surface area contributed by atoms with Crippen LogP contribution in [-0.2, 0) is 6.42 Å². The van der Waals surface area contributed by atoms with E-state index in [9.17, 15) is 9.59 Å². The van der Waals surface area contributed by atoms with Gasteiger partial charge in [-0.05, 0) is 67.7 Å². The van der Waals surface area contributed by atoms with Gasteiger partial charge in [0.2, 0.25) is 0 Å². The number of aromatic amines is 1. The molecular weight excluding hydrogens is 486 g/mol. The molecule has 0 aliphatic carbocycles. The molecule has 1 atom stereocenters. The maximum atomic E-state index is 13.8. The van der Waals surface area contributed by atoms with E-state index in [1.165, 1.54) is 12.8 Å². The van der Waals surface area contributed by atoms with Gasteiger partial charge in [0.15, 0.2) is 5.78 Å². The van der Waals surface area contributed by atoms with Crippen LogP contribution in [0.5, 0.6) is 0 Å². The lowest BCUT2D eigenvalue weighted by Gasteiger charge is -2.18. The van der Waals surface area contributed by atoms with Gasteiger partial charge in [0.25, 0.3) is 5.91 Å². The van der Waals surface area contributed by atoms with Crippen molar-refractivity contribution in [2.45, 2.75) is 25.3 Å². The number of benzene rings is 3. The summed E-state index contributed by atoms with van der Waals surface area (Å²) >= 11 is 0. The van der Waals surface area contributed by atoms with Crippen LogP contribution in [-0.4, -0.2) is 54.3 Å². The number of hydrogen-bond donors (Lipinski definition) is 3. The molecule has 2 heterocycles. The first-order valence-corrected chi connectivity index (χ1v) is 13.6. The highest BCUT2D eigenvalue weighted by Gasteiger charge is 2.24. The summed E-state index contributed by atoms with van der Waals surface area (Å²) in [7, 11) is 0. The summed E-state index contributed by atoms with van der Waals surface area (Å²) in [5.74, 6) is -0.139. The summed E-state index contributed by atoms with van der Waals surface area (Å²) < 4.78 is 0. The number of H-pyrrole nitrogens is 1. The normalized spacial score (nSPS) is 14.2. The minimum Gasteiger partial charge on any atom is -0.360 e. The Balaban J connectivity index is 1.28. The van der Waals surface area contributed by atoms with Crippen molar-refractivity contribution in [1.82, 2.24) is 20.5 Å². The lowest BCUT2D eigenvalue weighted by Crippen LogP contribution is -2.33.